The first-order valence-electron chi connectivity index (χ1n) is 12.4. The minimum Gasteiger partial charge on any atom is -0.493 e. The monoisotopic (exact) mass is 356 g/mol. The average molecular weight is 357 g/mol. The number of hydrogen-bond acceptors (Lipinski definition) is 5. The first kappa shape index (κ1) is 11.4. The van der Waals surface area contributed by atoms with Crippen molar-refractivity contribution in [3.63, 3.8) is 0 Å². The van der Waals surface area contributed by atoms with Gasteiger partial charge in [-0.05, 0) is 43.4 Å². The molecule has 0 bridgehead atoms. The molecule has 1 aliphatic carbocycles. The Morgan fingerprint density at radius 2 is 2.04 bits per heavy atom. The Morgan fingerprint density at radius 1 is 1.20 bits per heavy atom. The van der Waals surface area contributed by atoms with Gasteiger partial charge in [-0.25, -0.2) is 0 Å². The summed E-state index contributed by atoms with van der Waals surface area (Å²) in [6, 6.07) is 4.70. The molecule has 2 aliphatic rings. The zero-order valence-electron chi connectivity index (χ0n) is 21.4. The fourth-order valence-corrected chi connectivity index (χ4v) is 3.84. The highest BCUT2D eigenvalue weighted by Crippen LogP contribution is 2.30. The van der Waals surface area contributed by atoms with Crippen LogP contribution >= 0.6 is 0 Å². The van der Waals surface area contributed by atoms with Gasteiger partial charge in [0, 0.05) is 19.1 Å². The highest BCUT2D eigenvalue weighted by atomic mass is 16.5. The van der Waals surface area contributed by atoms with E-state index in [1.165, 1.54) is 12.1 Å². The van der Waals surface area contributed by atoms with E-state index in [1.807, 2.05) is 0 Å². The fraction of sp³-hybridized carbons (Fsp3) is 0.700. The van der Waals surface area contributed by atoms with Crippen molar-refractivity contribution in [3.05, 3.63) is 23.8 Å². The summed E-state index contributed by atoms with van der Waals surface area (Å²) >= 11 is 0. The van der Waals surface area contributed by atoms with Crippen LogP contribution < -0.4 is 9.47 Å². The maximum absolute atomic E-state index is 9.99. The van der Waals surface area contributed by atoms with Gasteiger partial charge < -0.3 is 19.3 Å². The van der Waals surface area contributed by atoms with E-state index < -0.39 is 20.2 Å². The van der Waals surface area contributed by atoms with E-state index in [1.54, 1.807) is 6.07 Å². The van der Waals surface area contributed by atoms with Crippen molar-refractivity contribution in [1.82, 2.24) is 4.90 Å². The standard InChI is InChI=1S/C20H31NO4/c1-23-19-8-7-15(13-20(19)24-2)10-12-25-18-6-4-3-5-17(18)21-11-9-16(22)14-21/h7-8,13,16-18,22H,3-6,9-12,14H2,1-2H3/t16-,17-,18-/m1/s1/i1D3,2D3,16D. The van der Waals surface area contributed by atoms with E-state index >= 15 is 0 Å². The molecular weight excluding hydrogens is 318 g/mol. The number of rotatable bonds is 7. The average Bonchev–Trinajstić information content (AvgIpc) is 3.01. The van der Waals surface area contributed by atoms with Gasteiger partial charge in [0.25, 0.3) is 0 Å². The van der Waals surface area contributed by atoms with Crippen LogP contribution in [0.25, 0.3) is 0 Å². The van der Waals surface area contributed by atoms with E-state index in [-0.39, 0.29) is 23.6 Å². The summed E-state index contributed by atoms with van der Waals surface area (Å²) in [5.74, 6) is -0.309. The van der Waals surface area contributed by atoms with E-state index in [0.29, 0.717) is 32.5 Å². The zero-order valence-corrected chi connectivity index (χ0v) is 14.4. The summed E-state index contributed by atoms with van der Waals surface area (Å²) in [6.45, 7) is 1.41. The lowest BCUT2D eigenvalue weighted by atomic mass is 9.91. The number of likely N-dealkylation sites (tertiary alicyclic amines) is 1. The van der Waals surface area contributed by atoms with Gasteiger partial charge >= 0.3 is 0 Å². The Morgan fingerprint density at radius 3 is 2.84 bits per heavy atom. The number of methoxy groups -OCH3 is 2. The van der Waals surface area contributed by atoms with Gasteiger partial charge in [0.05, 0.1) is 42.5 Å². The van der Waals surface area contributed by atoms with Crippen molar-refractivity contribution in [1.29, 1.82) is 0 Å². The number of aliphatic hydroxyl groups is 1. The summed E-state index contributed by atoms with van der Waals surface area (Å²) in [4.78, 5) is 2.15. The molecule has 25 heavy (non-hydrogen) atoms. The van der Waals surface area contributed by atoms with Gasteiger partial charge in [-0.15, -0.1) is 0 Å². The lowest BCUT2D eigenvalue weighted by molar-refractivity contribution is -0.0316. The smallest absolute Gasteiger partial charge is 0.160 e. The molecule has 0 radical (unpaired) electrons. The van der Waals surface area contributed by atoms with E-state index in [4.69, 9.17) is 23.8 Å². The number of benzene rings is 1. The molecule has 0 amide bonds. The second-order valence-electron chi connectivity index (χ2n) is 6.78. The third-order valence-corrected chi connectivity index (χ3v) is 5.16. The highest BCUT2D eigenvalue weighted by Gasteiger charge is 2.34. The van der Waals surface area contributed by atoms with Crippen LogP contribution in [-0.2, 0) is 11.2 Å². The summed E-state index contributed by atoms with van der Waals surface area (Å²) < 4.78 is 67.6. The maximum atomic E-state index is 9.99. The second-order valence-corrected chi connectivity index (χ2v) is 6.78. The van der Waals surface area contributed by atoms with Gasteiger partial charge in [-0.3, -0.25) is 4.90 Å². The van der Waals surface area contributed by atoms with Crippen molar-refractivity contribution in [3.8, 4) is 11.5 Å². The molecule has 0 unspecified atom stereocenters. The third-order valence-electron chi connectivity index (χ3n) is 5.16. The molecule has 140 valence electrons. The third kappa shape index (κ3) is 4.66. The van der Waals surface area contributed by atoms with Crippen molar-refractivity contribution >= 4 is 0 Å². The number of nitrogens with zero attached hydrogens (tertiary/aromatic N) is 1. The zero-order chi connectivity index (χ0) is 23.6. The lowest BCUT2D eigenvalue weighted by Gasteiger charge is -2.37. The minimum absolute atomic E-state index is 0.00825. The van der Waals surface area contributed by atoms with Gasteiger partial charge in [-0.2, -0.15) is 0 Å². The molecule has 5 nitrogen and oxygen atoms in total. The van der Waals surface area contributed by atoms with Crippen LogP contribution in [0.1, 0.15) is 47.3 Å². The van der Waals surface area contributed by atoms with Crippen LogP contribution in [0.4, 0.5) is 0 Å². The van der Waals surface area contributed by atoms with Crippen LogP contribution in [0, 0.1) is 0 Å². The minimum atomic E-state index is -2.74. The van der Waals surface area contributed by atoms with E-state index in [0.717, 1.165) is 31.2 Å². The van der Waals surface area contributed by atoms with Crippen LogP contribution in [0.2, 0.25) is 0 Å². The molecule has 5 heteroatoms. The number of hydrogen-bond donors (Lipinski definition) is 1. The van der Waals surface area contributed by atoms with Crippen LogP contribution in [-0.4, -0.2) is 62.0 Å². The van der Waals surface area contributed by atoms with Gasteiger partial charge in [0.15, 0.2) is 11.5 Å². The van der Waals surface area contributed by atoms with Crippen LogP contribution in [0.15, 0.2) is 18.2 Å². The Balaban J connectivity index is 1.62. The summed E-state index contributed by atoms with van der Waals surface area (Å²) in [6.07, 6.45) is 3.59. The predicted molar refractivity (Wildman–Crippen MR) is 97.4 cm³/mol. The summed E-state index contributed by atoms with van der Waals surface area (Å²) in [7, 11) is -5.47. The highest BCUT2D eigenvalue weighted by molar-refractivity contribution is 5.42. The first-order valence-corrected chi connectivity index (χ1v) is 8.90. The Hall–Kier alpha value is -1.30. The summed E-state index contributed by atoms with van der Waals surface area (Å²) in [5.41, 5.74) is 0.733. The van der Waals surface area contributed by atoms with Gasteiger partial charge in [0.1, 0.15) is 0 Å². The molecular formula is C20H31NO4. The van der Waals surface area contributed by atoms with Crippen molar-refractivity contribution in [2.45, 2.75) is 56.8 Å². The lowest BCUT2D eigenvalue weighted by Crippen LogP contribution is -2.46. The Labute approximate surface area is 160 Å². The molecule has 3 rings (SSSR count). The van der Waals surface area contributed by atoms with E-state index in [2.05, 4.69) is 4.90 Å². The van der Waals surface area contributed by atoms with Crippen molar-refractivity contribution in [2.75, 3.05) is 33.8 Å². The molecule has 1 saturated carbocycles. The molecule has 1 saturated heterocycles. The molecule has 0 spiro atoms. The molecule has 1 N–H and O–H groups in total. The molecule has 1 aliphatic heterocycles. The molecule has 1 aromatic rings. The molecule has 1 aromatic carbocycles. The SMILES string of the molecule is [2H]C([2H])([2H])Oc1ccc(CCO[C@@H]2CCCC[C@H]2N2CC[C@@]([2H])(O)C2)cc1OC([2H])([2H])[2H]. The first-order chi connectivity index (χ1) is 14.8. The molecule has 2 fully saturated rings. The van der Waals surface area contributed by atoms with Crippen molar-refractivity contribution in [2.24, 2.45) is 0 Å². The van der Waals surface area contributed by atoms with Crippen molar-refractivity contribution < 1.29 is 28.9 Å². The van der Waals surface area contributed by atoms with Crippen LogP contribution in [0.3, 0.4) is 0 Å². The van der Waals surface area contributed by atoms with Gasteiger partial charge in [0.2, 0.25) is 0 Å². The second kappa shape index (κ2) is 8.88. The topological polar surface area (TPSA) is 51.2 Å². The number of β-amino-alcohol motifs (C(OH)–C–C–N with tert-alkyl or cyclic N) is 1. The predicted octanol–water partition coefficient (Wildman–Crippen LogP) is 2.64. The fourth-order valence-electron chi connectivity index (χ4n) is 3.84. The van der Waals surface area contributed by atoms with Crippen LogP contribution in [0.5, 0.6) is 11.5 Å². The largest absolute Gasteiger partial charge is 0.493 e. The molecule has 0 aromatic heterocycles. The normalized spacial score (nSPS) is 35.5. The Bertz CT molecular complexity index is 769. The van der Waals surface area contributed by atoms with Gasteiger partial charge in [-0.1, -0.05) is 18.9 Å². The molecule has 3 atom stereocenters. The quantitative estimate of drug-likeness (QED) is 0.814. The molecule has 1 heterocycles. The Kier molecular flexibility index (Phi) is 4.06. The van der Waals surface area contributed by atoms with E-state index in [9.17, 15) is 5.11 Å². The maximum Gasteiger partial charge on any atom is 0.160 e. The summed E-state index contributed by atoms with van der Waals surface area (Å²) in [5, 5.41) is 9.99. The number of ether oxygens (including phenoxy) is 3.